The van der Waals surface area contributed by atoms with E-state index in [9.17, 15) is 0 Å². The van der Waals surface area contributed by atoms with Gasteiger partial charge in [0, 0.05) is 19.1 Å². The van der Waals surface area contributed by atoms with Gasteiger partial charge < -0.3 is 5.73 Å². The van der Waals surface area contributed by atoms with E-state index in [0.29, 0.717) is 6.04 Å². The topological polar surface area (TPSA) is 29.3 Å². The van der Waals surface area contributed by atoms with Gasteiger partial charge in [-0.3, -0.25) is 4.90 Å². The van der Waals surface area contributed by atoms with Crippen molar-refractivity contribution in [3.63, 3.8) is 0 Å². The highest BCUT2D eigenvalue weighted by Crippen LogP contribution is 2.36. The first kappa shape index (κ1) is 14.3. The standard InChI is InChI=1S/C19H24N2/c20-13-6-14-21(15-16-7-2-1-3-8-16)19-12-11-17-9-4-5-10-18(17)19/h1-5,7-10,19H,6,11-15,20H2. The van der Waals surface area contributed by atoms with Crippen molar-refractivity contribution in [1.29, 1.82) is 0 Å². The van der Waals surface area contributed by atoms with Crippen LogP contribution in [-0.2, 0) is 13.0 Å². The third kappa shape index (κ3) is 3.34. The van der Waals surface area contributed by atoms with Crippen molar-refractivity contribution in [2.75, 3.05) is 13.1 Å². The molecule has 0 heterocycles. The monoisotopic (exact) mass is 280 g/mol. The third-order valence-electron chi connectivity index (χ3n) is 4.42. The molecule has 1 aliphatic rings. The molecule has 0 spiro atoms. The molecule has 0 fully saturated rings. The van der Waals surface area contributed by atoms with Crippen LogP contribution >= 0.6 is 0 Å². The second-order valence-corrected chi connectivity index (χ2v) is 5.85. The van der Waals surface area contributed by atoms with Crippen molar-refractivity contribution in [2.24, 2.45) is 5.73 Å². The van der Waals surface area contributed by atoms with Gasteiger partial charge in [0.2, 0.25) is 0 Å². The number of rotatable bonds is 6. The van der Waals surface area contributed by atoms with Crippen molar-refractivity contribution in [3.05, 3.63) is 71.3 Å². The average Bonchev–Trinajstić information content (AvgIpc) is 2.96. The summed E-state index contributed by atoms with van der Waals surface area (Å²) in [4.78, 5) is 2.61. The normalized spacial score (nSPS) is 17.1. The van der Waals surface area contributed by atoms with Gasteiger partial charge in [-0.05, 0) is 42.5 Å². The van der Waals surface area contributed by atoms with E-state index in [0.717, 1.165) is 26.1 Å². The van der Waals surface area contributed by atoms with E-state index in [1.165, 1.54) is 29.5 Å². The molecule has 21 heavy (non-hydrogen) atoms. The Morgan fingerprint density at radius 1 is 1.00 bits per heavy atom. The van der Waals surface area contributed by atoms with Crippen LogP contribution in [0.5, 0.6) is 0 Å². The van der Waals surface area contributed by atoms with Crippen LogP contribution in [0.3, 0.4) is 0 Å². The van der Waals surface area contributed by atoms with Gasteiger partial charge in [-0.2, -0.15) is 0 Å². The van der Waals surface area contributed by atoms with E-state index in [4.69, 9.17) is 5.73 Å². The number of benzene rings is 2. The Bertz CT molecular complexity index is 565. The zero-order valence-electron chi connectivity index (χ0n) is 12.5. The SMILES string of the molecule is NCCCN(Cc1ccccc1)C1CCc2ccccc21. The minimum Gasteiger partial charge on any atom is -0.330 e. The van der Waals surface area contributed by atoms with Gasteiger partial charge in [-0.1, -0.05) is 54.6 Å². The summed E-state index contributed by atoms with van der Waals surface area (Å²) in [5.74, 6) is 0. The molecule has 0 aromatic heterocycles. The smallest absolute Gasteiger partial charge is 0.0357 e. The largest absolute Gasteiger partial charge is 0.330 e. The Morgan fingerprint density at radius 3 is 2.57 bits per heavy atom. The maximum atomic E-state index is 5.74. The summed E-state index contributed by atoms with van der Waals surface area (Å²) >= 11 is 0. The molecule has 110 valence electrons. The summed E-state index contributed by atoms with van der Waals surface area (Å²) in [6.07, 6.45) is 3.50. The molecule has 0 bridgehead atoms. The Balaban J connectivity index is 1.80. The predicted octanol–water partition coefficient (Wildman–Crippen LogP) is 3.52. The minimum atomic E-state index is 0.549. The zero-order valence-corrected chi connectivity index (χ0v) is 12.5. The first-order chi connectivity index (χ1) is 10.4. The van der Waals surface area contributed by atoms with E-state index < -0.39 is 0 Å². The van der Waals surface area contributed by atoms with E-state index in [1.54, 1.807) is 0 Å². The Hall–Kier alpha value is -1.64. The van der Waals surface area contributed by atoms with Crippen molar-refractivity contribution < 1.29 is 0 Å². The van der Waals surface area contributed by atoms with Gasteiger partial charge in [0.1, 0.15) is 0 Å². The minimum absolute atomic E-state index is 0.549. The predicted molar refractivity (Wildman–Crippen MR) is 88.0 cm³/mol. The third-order valence-corrected chi connectivity index (χ3v) is 4.42. The molecular formula is C19H24N2. The van der Waals surface area contributed by atoms with Crippen LogP contribution < -0.4 is 5.73 Å². The maximum absolute atomic E-state index is 5.74. The summed E-state index contributed by atoms with van der Waals surface area (Å²) < 4.78 is 0. The van der Waals surface area contributed by atoms with Crippen LogP contribution in [0.4, 0.5) is 0 Å². The lowest BCUT2D eigenvalue weighted by atomic mass is 10.1. The van der Waals surface area contributed by atoms with Gasteiger partial charge in [0.05, 0.1) is 0 Å². The summed E-state index contributed by atoms with van der Waals surface area (Å²) in [5.41, 5.74) is 10.2. The molecule has 0 saturated heterocycles. The van der Waals surface area contributed by atoms with Crippen LogP contribution in [-0.4, -0.2) is 18.0 Å². The summed E-state index contributed by atoms with van der Waals surface area (Å²) in [5, 5.41) is 0. The Kier molecular flexibility index (Phi) is 4.69. The first-order valence-corrected chi connectivity index (χ1v) is 7.94. The first-order valence-electron chi connectivity index (χ1n) is 7.94. The summed E-state index contributed by atoms with van der Waals surface area (Å²) in [7, 11) is 0. The molecule has 2 N–H and O–H groups in total. The van der Waals surface area contributed by atoms with Gasteiger partial charge >= 0.3 is 0 Å². The molecule has 0 saturated carbocycles. The summed E-state index contributed by atoms with van der Waals surface area (Å²) in [6.45, 7) is 2.85. The van der Waals surface area contributed by atoms with Crippen LogP contribution in [0, 0.1) is 0 Å². The second kappa shape index (κ2) is 6.88. The van der Waals surface area contributed by atoms with E-state index in [1.807, 2.05) is 0 Å². The quantitative estimate of drug-likeness (QED) is 0.877. The van der Waals surface area contributed by atoms with Crippen LogP contribution in [0.25, 0.3) is 0 Å². The highest BCUT2D eigenvalue weighted by Gasteiger charge is 2.27. The van der Waals surface area contributed by atoms with Crippen molar-refractivity contribution >= 4 is 0 Å². The fraction of sp³-hybridized carbons (Fsp3) is 0.368. The number of fused-ring (bicyclic) bond motifs is 1. The number of nitrogens with two attached hydrogens (primary N) is 1. The fourth-order valence-corrected chi connectivity index (χ4v) is 3.37. The van der Waals surface area contributed by atoms with Crippen LogP contribution in [0.15, 0.2) is 54.6 Å². The van der Waals surface area contributed by atoms with Crippen molar-refractivity contribution in [2.45, 2.75) is 31.8 Å². The molecule has 2 heteroatoms. The number of hydrogen-bond acceptors (Lipinski definition) is 2. The van der Waals surface area contributed by atoms with Gasteiger partial charge in [0.15, 0.2) is 0 Å². The van der Waals surface area contributed by atoms with Gasteiger partial charge in [-0.15, -0.1) is 0 Å². The molecule has 1 atom stereocenters. The highest BCUT2D eigenvalue weighted by molar-refractivity contribution is 5.34. The Labute approximate surface area is 127 Å². The molecule has 1 aliphatic carbocycles. The Morgan fingerprint density at radius 2 is 1.76 bits per heavy atom. The van der Waals surface area contributed by atoms with Gasteiger partial charge in [-0.25, -0.2) is 0 Å². The molecular weight excluding hydrogens is 256 g/mol. The van der Waals surface area contributed by atoms with E-state index in [-0.39, 0.29) is 0 Å². The van der Waals surface area contributed by atoms with Gasteiger partial charge in [0.25, 0.3) is 0 Å². The zero-order chi connectivity index (χ0) is 14.5. The van der Waals surface area contributed by atoms with E-state index in [2.05, 4.69) is 59.5 Å². The molecule has 0 amide bonds. The molecule has 2 nitrogen and oxygen atoms in total. The lowest BCUT2D eigenvalue weighted by molar-refractivity contribution is 0.186. The number of nitrogens with zero attached hydrogens (tertiary/aromatic N) is 1. The molecule has 0 radical (unpaired) electrons. The maximum Gasteiger partial charge on any atom is 0.0357 e. The lowest BCUT2D eigenvalue weighted by Gasteiger charge is -2.29. The molecule has 1 unspecified atom stereocenters. The number of hydrogen-bond donors (Lipinski definition) is 1. The molecule has 2 aromatic carbocycles. The average molecular weight is 280 g/mol. The molecule has 3 rings (SSSR count). The second-order valence-electron chi connectivity index (χ2n) is 5.85. The van der Waals surface area contributed by atoms with Crippen molar-refractivity contribution in [1.82, 2.24) is 4.90 Å². The lowest BCUT2D eigenvalue weighted by Crippen LogP contribution is -2.29. The molecule has 0 aliphatic heterocycles. The highest BCUT2D eigenvalue weighted by atomic mass is 15.2. The van der Waals surface area contributed by atoms with Crippen molar-refractivity contribution in [3.8, 4) is 0 Å². The van der Waals surface area contributed by atoms with Crippen LogP contribution in [0.1, 0.15) is 35.6 Å². The van der Waals surface area contributed by atoms with Crippen LogP contribution in [0.2, 0.25) is 0 Å². The number of aryl methyl sites for hydroxylation is 1. The van der Waals surface area contributed by atoms with E-state index >= 15 is 0 Å². The fourth-order valence-electron chi connectivity index (χ4n) is 3.37. The molecule has 2 aromatic rings. The summed E-state index contributed by atoms with van der Waals surface area (Å²) in [6, 6.07) is 20.2.